The highest BCUT2D eigenvalue weighted by Gasteiger charge is 1.98. The molecule has 15 heavy (non-hydrogen) atoms. The Morgan fingerprint density at radius 2 is 1.60 bits per heavy atom. The van der Waals surface area contributed by atoms with Crippen LogP contribution in [-0.2, 0) is 0 Å². The number of anilines is 1. The number of fused-ring (bicyclic) bond motifs is 2. The minimum absolute atomic E-state index is 0.706. The molecule has 0 bridgehead atoms. The van der Waals surface area contributed by atoms with Crippen molar-refractivity contribution in [3.8, 4) is 0 Å². The maximum Gasteiger partial charge on any atom is 0.0710 e. The first-order valence-corrected chi connectivity index (χ1v) is 4.87. The molecule has 3 rings (SSSR count). The Balaban J connectivity index is 2.47. The van der Waals surface area contributed by atoms with E-state index in [4.69, 9.17) is 5.73 Å². The van der Waals surface area contributed by atoms with Crippen molar-refractivity contribution in [2.45, 2.75) is 0 Å². The van der Waals surface area contributed by atoms with Gasteiger partial charge in [-0.2, -0.15) is 0 Å². The fraction of sp³-hybridized carbons (Fsp3) is 0. The standard InChI is InChI=1S/C13H10N2/c14-12-6-11-5-9-3-1-2-4-10(9)7-13(11)15-8-12/h1-8H,14H2. The van der Waals surface area contributed by atoms with Gasteiger partial charge >= 0.3 is 0 Å². The molecule has 2 heteroatoms. The van der Waals surface area contributed by atoms with Crippen molar-refractivity contribution in [3.63, 3.8) is 0 Å². The van der Waals surface area contributed by atoms with Gasteiger partial charge in [0.2, 0.25) is 0 Å². The van der Waals surface area contributed by atoms with Crippen molar-refractivity contribution >= 4 is 27.4 Å². The van der Waals surface area contributed by atoms with E-state index in [0.29, 0.717) is 5.69 Å². The molecule has 72 valence electrons. The Morgan fingerprint density at radius 3 is 2.40 bits per heavy atom. The number of nitrogens with zero attached hydrogens (tertiary/aromatic N) is 1. The van der Waals surface area contributed by atoms with Crippen LogP contribution in [0.25, 0.3) is 21.7 Å². The highest BCUT2D eigenvalue weighted by Crippen LogP contribution is 2.22. The van der Waals surface area contributed by atoms with E-state index in [9.17, 15) is 0 Å². The summed E-state index contributed by atoms with van der Waals surface area (Å²) in [6.45, 7) is 0. The van der Waals surface area contributed by atoms with E-state index >= 15 is 0 Å². The van der Waals surface area contributed by atoms with Gasteiger partial charge in [-0.05, 0) is 29.0 Å². The first-order valence-electron chi connectivity index (χ1n) is 4.87. The second-order valence-corrected chi connectivity index (χ2v) is 3.66. The van der Waals surface area contributed by atoms with Gasteiger partial charge in [0.25, 0.3) is 0 Å². The van der Waals surface area contributed by atoms with Gasteiger partial charge in [0.15, 0.2) is 0 Å². The molecule has 2 aromatic carbocycles. The minimum Gasteiger partial charge on any atom is -0.397 e. The lowest BCUT2D eigenvalue weighted by molar-refractivity contribution is 1.42. The summed E-state index contributed by atoms with van der Waals surface area (Å²) < 4.78 is 0. The molecule has 0 spiro atoms. The van der Waals surface area contributed by atoms with Gasteiger partial charge < -0.3 is 5.73 Å². The Bertz CT molecular complexity index is 644. The van der Waals surface area contributed by atoms with Crippen molar-refractivity contribution in [1.29, 1.82) is 0 Å². The summed E-state index contributed by atoms with van der Waals surface area (Å²) in [7, 11) is 0. The van der Waals surface area contributed by atoms with Gasteiger partial charge in [-0.1, -0.05) is 24.3 Å². The highest BCUT2D eigenvalue weighted by molar-refractivity contribution is 5.97. The second kappa shape index (κ2) is 2.95. The zero-order valence-corrected chi connectivity index (χ0v) is 8.14. The lowest BCUT2D eigenvalue weighted by Gasteiger charge is -2.01. The molecule has 0 aliphatic heterocycles. The minimum atomic E-state index is 0.706. The molecule has 2 N–H and O–H groups in total. The van der Waals surface area contributed by atoms with Crippen LogP contribution in [0, 0.1) is 0 Å². The zero-order valence-electron chi connectivity index (χ0n) is 8.14. The molecule has 0 aliphatic carbocycles. The zero-order chi connectivity index (χ0) is 10.3. The molecule has 0 radical (unpaired) electrons. The monoisotopic (exact) mass is 194 g/mol. The summed E-state index contributed by atoms with van der Waals surface area (Å²) in [4.78, 5) is 4.31. The van der Waals surface area contributed by atoms with Crippen LogP contribution in [0.1, 0.15) is 0 Å². The highest BCUT2D eigenvalue weighted by atomic mass is 14.7. The van der Waals surface area contributed by atoms with E-state index in [1.807, 2.05) is 18.2 Å². The predicted molar refractivity (Wildman–Crippen MR) is 63.7 cm³/mol. The molecule has 0 amide bonds. The normalized spacial score (nSPS) is 10.9. The third-order valence-electron chi connectivity index (χ3n) is 2.57. The topological polar surface area (TPSA) is 38.9 Å². The van der Waals surface area contributed by atoms with Crippen molar-refractivity contribution < 1.29 is 0 Å². The molecule has 0 fully saturated rings. The molecule has 0 aliphatic rings. The van der Waals surface area contributed by atoms with E-state index in [1.54, 1.807) is 6.20 Å². The number of hydrogen-bond donors (Lipinski definition) is 1. The SMILES string of the molecule is Nc1cnc2cc3ccccc3cc2c1. The first kappa shape index (κ1) is 8.24. The quantitative estimate of drug-likeness (QED) is 0.559. The Hall–Kier alpha value is -2.09. The molecule has 0 atom stereocenters. The average molecular weight is 194 g/mol. The number of nitrogen functional groups attached to an aromatic ring is 1. The molecule has 2 nitrogen and oxygen atoms in total. The molecule has 0 saturated carbocycles. The molecular weight excluding hydrogens is 184 g/mol. The fourth-order valence-electron chi connectivity index (χ4n) is 1.83. The number of aromatic nitrogens is 1. The van der Waals surface area contributed by atoms with Gasteiger partial charge in [-0.15, -0.1) is 0 Å². The second-order valence-electron chi connectivity index (χ2n) is 3.66. The number of rotatable bonds is 0. The first-order chi connectivity index (χ1) is 7.33. The van der Waals surface area contributed by atoms with E-state index in [0.717, 1.165) is 10.9 Å². The smallest absolute Gasteiger partial charge is 0.0710 e. The molecular formula is C13H10N2. The molecule has 1 heterocycles. The summed E-state index contributed by atoms with van der Waals surface area (Å²) in [5.41, 5.74) is 7.40. The molecule has 0 unspecified atom stereocenters. The van der Waals surface area contributed by atoms with Crippen molar-refractivity contribution in [1.82, 2.24) is 4.98 Å². The van der Waals surface area contributed by atoms with Crippen molar-refractivity contribution in [2.24, 2.45) is 0 Å². The van der Waals surface area contributed by atoms with Crippen LogP contribution in [0.15, 0.2) is 48.7 Å². The van der Waals surface area contributed by atoms with Gasteiger partial charge in [-0.3, -0.25) is 4.98 Å². The Labute approximate surface area is 87.4 Å². The number of hydrogen-bond acceptors (Lipinski definition) is 2. The van der Waals surface area contributed by atoms with Gasteiger partial charge in [-0.25, -0.2) is 0 Å². The Kier molecular flexibility index (Phi) is 1.62. The van der Waals surface area contributed by atoms with Gasteiger partial charge in [0.1, 0.15) is 0 Å². The molecule has 3 aromatic rings. The number of benzene rings is 2. The van der Waals surface area contributed by atoms with Crippen LogP contribution in [0.2, 0.25) is 0 Å². The third-order valence-corrected chi connectivity index (χ3v) is 2.57. The fourth-order valence-corrected chi connectivity index (χ4v) is 1.83. The van der Waals surface area contributed by atoms with Crippen LogP contribution >= 0.6 is 0 Å². The summed E-state index contributed by atoms with van der Waals surface area (Å²) in [6.07, 6.45) is 1.69. The summed E-state index contributed by atoms with van der Waals surface area (Å²) in [6, 6.07) is 14.4. The maximum absolute atomic E-state index is 5.71. The molecule has 0 saturated heterocycles. The van der Waals surface area contributed by atoms with Crippen LogP contribution in [0.4, 0.5) is 5.69 Å². The van der Waals surface area contributed by atoms with Crippen LogP contribution in [0.5, 0.6) is 0 Å². The van der Waals surface area contributed by atoms with Gasteiger partial charge in [0, 0.05) is 5.39 Å². The van der Waals surface area contributed by atoms with Crippen LogP contribution < -0.4 is 5.73 Å². The van der Waals surface area contributed by atoms with E-state index in [1.165, 1.54) is 10.8 Å². The van der Waals surface area contributed by atoms with Crippen molar-refractivity contribution in [3.05, 3.63) is 48.7 Å². The van der Waals surface area contributed by atoms with Gasteiger partial charge in [0.05, 0.1) is 17.4 Å². The average Bonchev–Trinajstić information content (AvgIpc) is 2.26. The van der Waals surface area contributed by atoms with Crippen molar-refractivity contribution in [2.75, 3.05) is 5.73 Å². The number of pyridine rings is 1. The number of nitrogens with two attached hydrogens (primary N) is 1. The maximum atomic E-state index is 5.71. The summed E-state index contributed by atoms with van der Waals surface area (Å²) in [5.74, 6) is 0. The largest absolute Gasteiger partial charge is 0.397 e. The van der Waals surface area contributed by atoms with E-state index in [2.05, 4.69) is 29.2 Å². The molecule has 1 aromatic heterocycles. The summed E-state index contributed by atoms with van der Waals surface area (Å²) in [5, 5.41) is 3.52. The van der Waals surface area contributed by atoms with Crippen LogP contribution in [0.3, 0.4) is 0 Å². The Morgan fingerprint density at radius 1 is 0.867 bits per heavy atom. The van der Waals surface area contributed by atoms with E-state index in [-0.39, 0.29) is 0 Å². The van der Waals surface area contributed by atoms with Crippen LogP contribution in [-0.4, -0.2) is 4.98 Å². The lowest BCUT2D eigenvalue weighted by Crippen LogP contribution is -1.87. The predicted octanol–water partition coefficient (Wildman–Crippen LogP) is 2.97. The summed E-state index contributed by atoms with van der Waals surface area (Å²) >= 11 is 0. The third kappa shape index (κ3) is 1.31. The van der Waals surface area contributed by atoms with E-state index < -0.39 is 0 Å². The lowest BCUT2D eigenvalue weighted by atomic mass is 10.1.